The Morgan fingerprint density at radius 2 is 1.89 bits per heavy atom. The highest BCUT2D eigenvalue weighted by molar-refractivity contribution is 5.92. The first-order valence-electron chi connectivity index (χ1n) is 13.9. The second-order valence-corrected chi connectivity index (χ2v) is 11.2. The van der Waals surface area contributed by atoms with Gasteiger partial charge in [0.1, 0.15) is 22.8 Å². The lowest BCUT2D eigenvalue weighted by Gasteiger charge is -2.33. The quantitative estimate of drug-likeness (QED) is 0.390. The Bertz CT molecular complexity index is 1200. The Morgan fingerprint density at radius 3 is 2.57 bits per heavy atom. The minimum Gasteiger partial charge on any atom is -0.496 e. The fourth-order valence-electron chi connectivity index (χ4n) is 7.32. The van der Waals surface area contributed by atoms with Crippen molar-refractivity contribution in [3.63, 3.8) is 0 Å². The van der Waals surface area contributed by atoms with E-state index in [-0.39, 0.29) is 11.9 Å². The van der Waals surface area contributed by atoms with Gasteiger partial charge >= 0.3 is 5.97 Å². The molecule has 1 N–H and O–H groups in total. The van der Waals surface area contributed by atoms with E-state index in [4.69, 9.17) is 19.2 Å². The largest absolute Gasteiger partial charge is 0.496 e. The number of allylic oxidation sites excluding steroid dienone is 2. The number of hydrogen-bond donors (Lipinski definition) is 1. The number of fused-ring (bicyclic) bond motifs is 1. The van der Waals surface area contributed by atoms with Gasteiger partial charge in [-0.2, -0.15) is 0 Å². The van der Waals surface area contributed by atoms with Gasteiger partial charge in [-0.25, -0.2) is 4.98 Å². The molecule has 2 aromatic rings. The Morgan fingerprint density at radius 1 is 1.14 bits per heavy atom. The van der Waals surface area contributed by atoms with Gasteiger partial charge in [-0.1, -0.05) is 12.2 Å². The van der Waals surface area contributed by atoms with Crippen molar-refractivity contribution in [2.75, 3.05) is 45.4 Å². The van der Waals surface area contributed by atoms with Gasteiger partial charge in [-0.3, -0.25) is 4.79 Å². The number of rotatable bonds is 9. The number of benzene rings is 1. The van der Waals surface area contributed by atoms with Crippen molar-refractivity contribution in [3.8, 4) is 11.5 Å². The van der Waals surface area contributed by atoms with E-state index >= 15 is 0 Å². The van der Waals surface area contributed by atoms with Crippen LogP contribution in [-0.2, 0) is 16.1 Å². The molecule has 1 saturated heterocycles. The zero-order valence-corrected chi connectivity index (χ0v) is 22.3. The maximum atomic E-state index is 12.3. The van der Waals surface area contributed by atoms with Crippen LogP contribution in [0.3, 0.4) is 0 Å². The molecule has 2 bridgehead atoms. The number of esters is 1. The first-order chi connectivity index (χ1) is 18.1. The summed E-state index contributed by atoms with van der Waals surface area (Å²) in [5, 5.41) is 4.76. The third-order valence-corrected chi connectivity index (χ3v) is 9.38. The van der Waals surface area contributed by atoms with Crippen LogP contribution in [0.2, 0.25) is 0 Å². The third-order valence-electron chi connectivity index (χ3n) is 9.38. The molecule has 2 heterocycles. The lowest BCUT2D eigenvalue weighted by Crippen LogP contribution is -2.38. The predicted molar refractivity (Wildman–Crippen MR) is 144 cm³/mol. The third kappa shape index (κ3) is 4.25. The predicted octanol–water partition coefficient (Wildman–Crippen LogP) is 4.72. The Kier molecular flexibility index (Phi) is 6.51. The first kappa shape index (κ1) is 24.5. The summed E-state index contributed by atoms with van der Waals surface area (Å²) in [6, 6.07) is 6.08. The number of pyridine rings is 1. The number of carbonyl (C=O) groups is 1. The monoisotopic (exact) mass is 505 g/mol. The summed E-state index contributed by atoms with van der Waals surface area (Å²) >= 11 is 0. The van der Waals surface area contributed by atoms with Crippen LogP contribution in [0.5, 0.6) is 11.5 Å². The number of anilines is 1. The average Bonchev–Trinajstić information content (AvgIpc) is 3.60. The highest BCUT2D eigenvalue weighted by atomic mass is 16.5. The number of ether oxygens (including phenoxy) is 3. The highest BCUT2D eigenvalue weighted by Crippen LogP contribution is 2.69. The van der Waals surface area contributed by atoms with Crippen molar-refractivity contribution in [2.45, 2.75) is 45.6 Å². The molecule has 1 aromatic heterocycles. The number of piperidine rings is 1. The Labute approximate surface area is 219 Å². The lowest BCUT2D eigenvalue weighted by atomic mass is 9.89. The fraction of sp³-hybridized carbons (Fsp3) is 0.600. The normalized spacial score (nSPS) is 25.7. The second kappa shape index (κ2) is 9.82. The van der Waals surface area contributed by atoms with Crippen LogP contribution in [0.1, 0.15) is 44.6 Å². The lowest BCUT2D eigenvalue weighted by molar-refractivity contribution is -0.148. The summed E-state index contributed by atoms with van der Waals surface area (Å²) < 4.78 is 16.6. The van der Waals surface area contributed by atoms with Crippen LogP contribution >= 0.6 is 0 Å². The summed E-state index contributed by atoms with van der Waals surface area (Å²) in [6.07, 6.45) is 10.7. The molecule has 7 nitrogen and oxygen atoms in total. The van der Waals surface area contributed by atoms with Crippen molar-refractivity contribution in [3.05, 3.63) is 35.9 Å². The average molecular weight is 506 g/mol. The molecule has 0 amide bonds. The molecule has 4 aliphatic rings. The maximum absolute atomic E-state index is 12.3. The van der Waals surface area contributed by atoms with Crippen LogP contribution in [0.4, 0.5) is 5.82 Å². The van der Waals surface area contributed by atoms with E-state index in [1.54, 1.807) is 14.2 Å². The van der Waals surface area contributed by atoms with Crippen LogP contribution in [-0.4, -0.2) is 51.4 Å². The molecule has 3 aliphatic carbocycles. The van der Waals surface area contributed by atoms with Gasteiger partial charge in [0.15, 0.2) is 0 Å². The summed E-state index contributed by atoms with van der Waals surface area (Å²) in [6.45, 7) is 5.64. The van der Waals surface area contributed by atoms with Crippen LogP contribution < -0.4 is 19.7 Å². The molecular weight excluding hydrogens is 466 g/mol. The van der Waals surface area contributed by atoms with Crippen molar-refractivity contribution in [2.24, 2.45) is 29.1 Å². The summed E-state index contributed by atoms with van der Waals surface area (Å²) in [4.78, 5) is 19.8. The fourth-order valence-corrected chi connectivity index (χ4v) is 7.32. The number of methoxy groups -OCH3 is 2. The minimum atomic E-state index is -0.0738. The van der Waals surface area contributed by atoms with Crippen molar-refractivity contribution >= 4 is 22.7 Å². The Balaban J connectivity index is 1.24. The first-order valence-corrected chi connectivity index (χ1v) is 13.9. The zero-order valence-electron chi connectivity index (χ0n) is 22.3. The molecule has 6 rings (SSSR count). The SMILES string of the molecule is CCOC(=O)C1CCN(c2nc3c(OC)ccc(OC)c3cc2CNC[C@H]2C[C@H]3C=C[C@@H]2C32CC2)CC1. The molecule has 37 heavy (non-hydrogen) atoms. The van der Waals surface area contributed by atoms with E-state index in [1.165, 1.54) is 19.3 Å². The standard InChI is InChI=1S/C30H39N3O4/c1-4-37-29(34)19-9-13-33(14-10-19)28-21(16-23-25(35-2)7-8-26(36-3)27(23)32-28)18-31-17-20-15-22-5-6-24(20)30(22)11-12-30/h5-8,16,19-20,22,24,31H,4,9-15,17-18H2,1-3H3/t20-,22-,24+/m1/s1. The van der Waals surface area contributed by atoms with E-state index in [9.17, 15) is 4.79 Å². The summed E-state index contributed by atoms with van der Waals surface area (Å²) in [5.74, 6) is 4.69. The van der Waals surface area contributed by atoms with Crippen LogP contribution in [0, 0.1) is 29.1 Å². The van der Waals surface area contributed by atoms with E-state index in [1.807, 2.05) is 19.1 Å². The molecule has 1 spiro atoms. The number of nitrogens with one attached hydrogen (secondary N) is 1. The van der Waals surface area contributed by atoms with Crippen molar-refractivity contribution in [1.82, 2.24) is 10.3 Å². The van der Waals surface area contributed by atoms with E-state index in [0.717, 1.165) is 90.6 Å². The van der Waals surface area contributed by atoms with Gasteiger partial charge in [0, 0.05) is 30.6 Å². The van der Waals surface area contributed by atoms with Gasteiger partial charge in [-0.05, 0) is 86.9 Å². The molecule has 3 atom stereocenters. The number of nitrogens with zero attached hydrogens (tertiary/aromatic N) is 2. The molecule has 7 heteroatoms. The van der Waals surface area contributed by atoms with E-state index in [2.05, 4.69) is 28.4 Å². The molecular formula is C30H39N3O4. The maximum Gasteiger partial charge on any atom is 0.309 e. The van der Waals surface area contributed by atoms with Crippen molar-refractivity contribution in [1.29, 1.82) is 0 Å². The molecule has 0 unspecified atom stereocenters. The summed E-state index contributed by atoms with van der Waals surface area (Å²) in [7, 11) is 3.38. The second-order valence-electron chi connectivity index (χ2n) is 11.2. The molecule has 3 fully saturated rings. The Hall–Kier alpha value is -2.80. The molecule has 0 radical (unpaired) electrons. The van der Waals surface area contributed by atoms with Crippen molar-refractivity contribution < 1.29 is 19.0 Å². The van der Waals surface area contributed by atoms with E-state index < -0.39 is 0 Å². The van der Waals surface area contributed by atoms with Gasteiger partial charge in [0.25, 0.3) is 0 Å². The topological polar surface area (TPSA) is 72.9 Å². The van der Waals surface area contributed by atoms with Gasteiger partial charge in [0.05, 0.1) is 26.7 Å². The van der Waals surface area contributed by atoms with Gasteiger partial charge < -0.3 is 24.4 Å². The minimum absolute atomic E-state index is 0.0338. The summed E-state index contributed by atoms with van der Waals surface area (Å²) in [5.41, 5.74) is 2.59. The molecule has 1 aliphatic heterocycles. The van der Waals surface area contributed by atoms with Gasteiger partial charge in [-0.15, -0.1) is 0 Å². The van der Waals surface area contributed by atoms with Gasteiger partial charge in [0.2, 0.25) is 0 Å². The van der Waals surface area contributed by atoms with Crippen LogP contribution in [0.15, 0.2) is 30.4 Å². The molecule has 2 saturated carbocycles. The highest BCUT2D eigenvalue weighted by Gasteiger charge is 2.62. The molecule has 198 valence electrons. The zero-order chi connectivity index (χ0) is 25.6. The number of aromatic nitrogens is 1. The van der Waals surface area contributed by atoms with E-state index in [0.29, 0.717) is 12.0 Å². The molecule has 1 aromatic carbocycles. The number of carbonyl (C=O) groups excluding carboxylic acids is 1. The smallest absolute Gasteiger partial charge is 0.309 e. The van der Waals surface area contributed by atoms with Crippen LogP contribution in [0.25, 0.3) is 10.9 Å². The number of hydrogen-bond acceptors (Lipinski definition) is 7.